The van der Waals surface area contributed by atoms with E-state index in [1.807, 2.05) is 30.3 Å². The molecular formula is C17H13Cl2N3O. The number of rotatable bonds is 4. The minimum absolute atomic E-state index is 0.205. The van der Waals surface area contributed by atoms with Crippen LogP contribution >= 0.6 is 23.2 Å². The molecule has 3 aromatic rings. The largest absolute Gasteiger partial charge is 0.348 e. The lowest BCUT2D eigenvalue weighted by Gasteiger charge is -2.06. The van der Waals surface area contributed by atoms with Gasteiger partial charge in [-0.1, -0.05) is 47.5 Å². The van der Waals surface area contributed by atoms with Crippen LogP contribution in [-0.2, 0) is 6.54 Å². The number of carbonyl (C=O) groups is 1. The average Bonchev–Trinajstić information content (AvgIpc) is 3.03. The zero-order valence-corrected chi connectivity index (χ0v) is 13.5. The highest BCUT2D eigenvalue weighted by molar-refractivity contribution is 6.30. The van der Waals surface area contributed by atoms with Crippen molar-refractivity contribution in [1.29, 1.82) is 0 Å². The Bertz CT molecular complexity index is 828. The molecule has 0 aliphatic carbocycles. The molecule has 0 aliphatic heterocycles. The van der Waals surface area contributed by atoms with Crippen molar-refractivity contribution in [3.8, 4) is 11.3 Å². The van der Waals surface area contributed by atoms with E-state index in [-0.39, 0.29) is 5.91 Å². The van der Waals surface area contributed by atoms with Gasteiger partial charge in [0, 0.05) is 22.2 Å². The molecule has 3 rings (SSSR count). The van der Waals surface area contributed by atoms with Gasteiger partial charge in [-0.3, -0.25) is 9.89 Å². The van der Waals surface area contributed by atoms with E-state index in [1.54, 1.807) is 18.2 Å². The minimum atomic E-state index is -0.205. The van der Waals surface area contributed by atoms with Crippen molar-refractivity contribution in [2.45, 2.75) is 6.54 Å². The lowest BCUT2D eigenvalue weighted by molar-refractivity contribution is 0.0951. The number of carbonyl (C=O) groups excluding carboxylic acids is 1. The van der Waals surface area contributed by atoms with E-state index >= 15 is 0 Å². The summed E-state index contributed by atoms with van der Waals surface area (Å²) in [5, 5.41) is 11.0. The summed E-state index contributed by atoms with van der Waals surface area (Å²) in [6, 6.07) is 14.6. The number of nitrogens with one attached hydrogen (secondary N) is 2. The Morgan fingerprint density at radius 3 is 2.61 bits per heavy atom. The standard InChI is InChI=1S/C17H13Cl2N3O/c18-13-6-4-12(5-7-13)16-15(10-21-22-16)17(23)20-9-11-2-1-3-14(19)8-11/h1-8,10H,9H2,(H,20,23)(H,21,22). The van der Waals surface area contributed by atoms with E-state index in [0.717, 1.165) is 11.1 Å². The molecule has 116 valence electrons. The molecule has 0 fully saturated rings. The minimum Gasteiger partial charge on any atom is -0.348 e. The molecule has 0 spiro atoms. The molecule has 23 heavy (non-hydrogen) atoms. The summed E-state index contributed by atoms with van der Waals surface area (Å²) in [6.07, 6.45) is 1.51. The molecule has 0 bridgehead atoms. The molecule has 0 radical (unpaired) electrons. The highest BCUT2D eigenvalue weighted by atomic mass is 35.5. The summed E-state index contributed by atoms with van der Waals surface area (Å²) in [7, 11) is 0. The zero-order chi connectivity index (χ0) is 16.2. The molecule has 2 aromatic carbocycles. The van der Waals surface area contributed by atoms with Crippen molar-refractivity contribution in [3.63, 3.8) is 0 Å². The molecule has 4 nitrogen and oxygen atoms in total. The number of nitrogens with zero attached hydrogens (tertiary/aromatic N) is 1. The number of aromatic amines is 1. The Morgan fingerprint density at radius 1 is 1.09 bits per heavy atom. The molecule has 0 aliphatic rings. The lowest BCUT2D eigenvalue weighted by Crippen LogP contribution is -2.22. The first kappa shape index (κ1) is 15.6. The second-order valence-electron chi connectivity index (χ2n) is 4.98. The van der Waals surface area contributed by atoms with Crippen molar-refractivity contribution in [3.05, 3.63) is 75.9 Å². The van der Waals surface area contributed by atoms with Crippen LogP contribution in [0.4, 0.5) is 0 Å². The van der Waals surface area contributed by atoms with Gasteiger partial charge in [0.15, 0.2) is 0 Å². The van der Waals surface area contributed by atoms with Crippen LogP contribution in [0.25, 0.3) is 11.3 Å². The fourth-order valence-electron chi connectivity index (χ4n) is 2.22. The predicted molar refractivity (Wildman–Crippen MR) is 91.7 cm³/mol. The number of hydrogen-bond acceptors (Lipinski definition) is 2. The van der Waals surface area contributed by atoms with Gasteiger partial charge in [-0.15, -0.1) is 0 Å². The third-order valence-electron chi connectivity index (χ3n) is 3.36. The summed E-state index contributed by atoms with van der Waals surface area (Å²) in [6.45, 7) is 0.393. The second kappa shape index (κ2) is 6.86. The van der Waals surface area contributed by atoms with Crippen molar-refractivity contribution in [1.82, 2.24) is 15.5 Å². The summed E-state index contributed by atoms with van der Waals surface area (Å²) < 4.78 is 0. The summed E-state index contributed by atoms with van der Waals surface area (Å²) in [5.74, 6) is -0.205. The second-order valence-corrected chi connectivity index (χ2v) is 5.85. The molecule has 1 aromatic heterocycles. The van der Waals surface area contributed by atoms with E-state index < -0.39 is 0 Å². The van der Waals surface area contributed by atoms with Gasteiger partial charge in [0.25, 0.3) is 5.91 Å². The van der Waals surface area contributed by atoms with Crippen molar-refractivity contribution >= 4 is 29.1 Å². The number of amides is 1. The van der Waals surface area contributed by atoms with Crippen LogP contribution in [-0.4, -0.2) is 16.1 Å². The van der Waals surface area contributed by atoms with Crippen molar-refractivity contribution in [2.75, 3.05) is 0 Å². The Balaban J connectivity index is 1.76. The predicted octanol–water partition coefficient (Wildman–Crippen LogP) is 4.31. The Labute approximate surface area is 143 Å². The number of aromatic nitrogens is 2. The Morgan fingerprint density at radius 2 is 1.87 bits per heavy atom. The fraction of sp³-hybridized carbons (Fsp3) is 0.0588. The Hall–Kier alpha value is -2.30. The van der Waals surface area contributed by atoms with Gasteiger partial charge in [-0.05, 0) is 29.8 Å². The third-order valence-corrected chi connectivity index (χ3v) is 3.85. The molecule has 2 N–H and O–H groups in total. The van der Waals surface area contributed by atoms with E-state index in [0.29, 0.717) is 27.8 Å². The smallest absolute Gasteiger partial charge is 0.255 e. The van der Waals surface area contributed by atoms with Gasteiger partial charge in [-0.25, -0.2) is 0 Å². The maximum Gasteiger partial charge on any atom is 0.255 e. The monoisotopic (exact) mass is 345 g/mol. The molecule has 6 heteroatoms. The molecule has 1 heterocycles. The van der Waals surface area contributed by atoms with E-state index in [2.05, 4.69) is 15.5 Å². The summed E-state index contributed by atoms with van der Waals surface area (Å²) in [5.41, 5.74) is 2.92. The van der Waals surface area contributed by atoms with Gasteiger partial charge in [0.2, 0.25) is 0 Å². The fourth-order valence-corrected chi connectivity index (χ4v) is 2.56. The summed E-state index contributed by atoms with van der Waals surface area (Å²) in [4.78, 5) is 12.4. The first-order valence-electron chi connectivity index (χ1n) is 6.95. The van der Waals surface area contributed by atoms with Crippen LogP contribution in [0.15, 0.2) is 54.7 Å². The van der Waals surface area contributed by atoms with Crippen LogP contribution in [0.1, 0.15) is 15.9 Å². The number of H-pyrrole nitrogens is 1. The van der Waals surface area contributed by atoms with Gasteiger partial charge < -0.3 is 5.32 Å². The van der Waals surface area contributed by atoms with E-state index in [9.17, 15) is 4.79 Å². The first-order valence-corrected chi connectivity index (χ1v) is 7.71. The maximum absolute atomic E-state index is 12.4. The van der Waals surface area contributed by atoms with Gasteiger partial charge >= 0.3 is 0 Å². The molecular weight excluding hydrogens is 333 g/mol. The van der Waals surface area contributed by atoms with E-state index in [1.165, 1.54) is 6.20 Å². The van der Waals surface area contributed by atoms with Crippen LogP contribution in [0.3, 0.4) is 0 Å². The van der Waals surface area contributed by atoms with Crippen LogP contribution in [0.2, 0.25) is 10.0 Å². The third kappa shape index (κ3) is 3.73. The van der Waals surface area contributed by atoms with Gasteiger partial charge in [0.05, 0.1) is 17.5 Å². The molecule has 0 atom stereocenters. The van der Waals surface area contributed by atoms with Gasteiger partial charge in [-0.2, -0.15) is 5.10 Å². The molecule has 0 saturated carbocycles. The number of hydrogen-bond donors (Lipinski definition) is 2. The van der Waals surface area contributed by atoms with Crippen LogP contribution < -0.4 is 5.32 Å². The van der Waals surface area contributed by atoms with Crippen LogP contribution in [0.5, 0.6) is 0 Å². The maximum atomic E-state index is 12.4. The molecule has 0 unspecified atom stereocenters. The Kier molecular flexibility index (Phi) is 4.65. The van der Waals surface area contributed by atoms with E-state index in [4.69, 9.17) is 23.2 Å². The SMILES string of the molecule is O=C(NCc1cccc(Cl)c1)c1cn[nH]c1-c1ccc(Cl)cc1. The first-order chi connectivity index (χ1) is 11.1. The highest BCUT2D eigenvalue weighted by Gasteiger charge is 2.15. The summed E-state index contributed by atoms with van der Waals surface area (Å²) >= 11 is 11.8. The van der Waals surface area contributed by atoms with Crippen molar-refractivity contribution < 1.29 is 4.79 Å². The zero-order valence-electron chi connectivity index (χ0n) is 12.0. The van der Waals surface area contributed by atoms with Crippen LogP contribution in [0, 0.1) is 0 Å². The van der Waals surface area contributed by atoms with Gasteiger partial charge in [0.1, 0.15) is 0 Å². The number of halogens is 2. The molecule has 0 saturated heterocycles. The normalized spacial score (nSPS) is 10.5. The lowest BCUT2D eigenvalue weighted by atomic mass is 10.1. The quantitative estimate of drug-likeness (QED) is 0.739. The highest BCUT2D eigenvalue weighted by Crippen LogP contribution is 2.23. The number of benzene rings is 2. The molecule has 1 amide bonds. The van der Waals surface area contributed by atoms with Crippen molar-refractivity contribution in [2.24, 2.45) is 0 Å². The average molecular weight is 346 g/mol. The topological polar surface area (TPSA) is 57.8 Å².